The van der Waals surface area contributed by atoms with Gasteiger partial charge in [-0.15, -0.1) is 0 Å². The van der Waals surface area contributed by atoms with Crippen molar-refractivity contribution in [2.45, 2.75) is 18.6 Å². The number of hydrogen-bond acceptors (Lipinski definition) is 4. The summed E-state index contributed by atoms with van der Waals surface area (Å²) in [6.07, 6.45) is -1.75. The minimum Gasteiger partial charge on any atom is -0.336 e. The third-order valence-corrected chi connectivity index (χ3v) is 4.52. The zero-order chi connectivity index (χ0) is 18.1. The van der Waals surface area contributed by atoms with Crippen LogP contribution >= 0.6 is 0 Å². The lowest BCUT2D eigenvalue weighted by molar-refractivity contribution is -0.138. The number of hydrogen-bond donors (Lipinski definition) is 1. The van der Waals surface area contributed by atoms with E-state index < -0.39 is 18.6 Å². The van der Waals surface area contributed by atoms with E-state index in [0.29, 0.717) is 19.0 Å². The van der Waals surface area contributed by atoms with Gasteiger partial charge in [-0.1, -0.05) is 12.1 Å². The molecule has 0 spiro atoms. The number of halogens is 3. The molecule has 1 N–H and O–H groups in total. The number of anilines is 1. The Bertz CT molecular complexity index is 891. The highest BCUT2D eigenvalue weighted by Crippen LogP contribution is 2.31. The molecule has 0 radical (unpaired) electrons. The molecule has 1 saturated heterocycles. The second-order valence-corrected chi connectivity index (χ2v) is 6.32. The molecule has 136 valence electrons. The highest BCUT2D eigenvalue weighted by molar-refractivity contribution is 5.81. The van der Waals surface area contributed by atoms with Crippen LogP contribution in [0.5, 0.6) is 0 Å². The number of piperazine rings is 1. The predicted molar refractivity (Wildman–Crippen MR) is 93.5 cm³/mol. The van der Waals surface area contributed by atoms with Gasteiger partial charge in [0.25, 0.3) is 0 Å². The van der Waals surface area contributed by atoms with E-state index in [9.17, 15) is 13.2 Å². The molecule has 26 heavy (non-hydrogen) atoms. The number of nitrogens with zero attached hydrogens (tertiary/aromatic N) is 4. The molecule has 4 rings (SSSR count). The van der Waals surface area contributed by atoms with Crippen LogP contribution < -0.4 is 10.2 Å². The summed E-state index contributed by atoms with van der Waals surface area (Å²) in [5.74, 6) is 0.523. The van der Waals surface area contributed by atoms with Crippen molar-refractivity contribution >= 4 is 17.0 Å². The van der Waals surface area contributed by atoms with Crippen molar-refractivity contribution in [3.63, 3.8) is 0 Å². The van der Waals surface area contributed by atoms with Gasteiger partial charge >= 0.3 is 6.18 Å². The van der Waals surface area contributed by atoms with E-state index in [0.717, 1.165) is 16.7 Å². The minimum absolute atomic E-state index is 0.274. The summed E-state index contributed by atoms with van der Waals surface area (Å²) in [5.41, 5.74) is 2.37. The second-order valence-electron chi connectivity index (χ2n) is 6.32. The van der Waals surface area contributed by atoms with Crippen LogP contribution in [0.1, 0.15) is 6.42 Å². The van der Waals surface area contributed by atoms with E-state index in [1.165, 1.54) is 0 Å². The SMILES string of the molecule is FC(F)(F)CC1CNCCN1c1nc2ccccc2n1-c1cccnc1. The smallest absolute Gasteiger partial charge is 0.336 e. The van der Waals surface area contributed by atoms with E-state index >= 15 is 0 Å². The molecular formula is C18H18F3N5. The van der Waals surface area contributed by atoms with Crippen molar-refractivity contribution in [3.05, 3.63) is 48.8 Å². The summed E-state index contributed by atoms with van der Waals surface area (Å²) >= 11 is 0. The van der Waals surface area contributed by atoms with Gasteiger partial charge < -0.3 is 10.2 Å². The zero-order valence-corrected chi connectivity index (χ0v) is 13.9. The molecular weight excluding hydrogens is 343 g/mol. The van der Waals surface area contributed by atoms with E-state index in [1.54, 1.807) is 23.4 Å². The van der Waals surface area contributed by atoms with Crippen LogP contribution in [0, 0.1) is 0 Å². The average Bonchev–Trinajstić information content (AvgIpc) is 3.01. The van der Waals surface area contributed by atoms with E-state index in [-0.39, 0.29) is 6.54 Å². The molecule has 0 saturated carbocycles. The first-order valence-electron chi connectivity index (χ1n) is 8.45. The Labute approximate surface area is 148 Å². The van der Waals surface area contributed by atoms with Crippen molar-refractivity contribution in [2.75, 3.05) is 24.5 Å². The maximum atomic E-state index is 13.1. The van der Waals surface area contributed by atoms with Gasteiger partial charge in [0.2, 0.25) is 5.95 Å². The summed E-state index contributed by atoms with van der Waals surface area (Å²) in [7, 11) is 0. The Kier molecular flexibility index (Phi) is 4.28. The highest BCUT2D eigenvalue weighted by atomic mass is 19.4. The van der Waals surface area contributed by atoms with Crippen LogP contribution in [0.4, 0.5) is 19.1 Å². The third-order valence-electron chi connectivity index (χ3n) is 4.52. The molecule has 2 aromatic heterocycles. The van der Waals surface area contributed by atoms with Gasteiger partial charge in [-0.3, -0.25) is 9.55 Å². The van der Waals surface area contributed by atoms with Gasteiger partial charge in [0.05, 0.1) is 35.4 Å². The quantitative estimate of drug-likeness (QED) is 0.779. The minimum atomic E-state index is -4.23. The fourth-order valence-corrected chi connectivity index (χ4v) is 3.42. The molecule has 1 unspecified atom stereocenters. The molecule has 1 fully saturated rings. The van der Waals surface area contributed by atoms with E-state index in [2.05, 4.69) is 15.3 Å². The van der Waals surface area contributed by atoms with Gasteiger partial charge in [-0.2, -0.15) is 13.2 Å². The van der Waals surface area contributed by atoms with Crippen LogP contribution in [-0.4, -0.2) is 46.4 Å². The number of alkyl halides is 3. The third kappa shape index (κ3) is 3.24. The molecule has 1 aliphatic heterocycles. The first-order valence-corrected chi connectivity index (χ1v) is 8.45. The maximum Gasteiger partial charge on any atom is 0.391 e. The molecule has 1 aromatic carbocycles. The summed E-state index contributed by atoms with van der Waals surface area (Å²) in [6, 6.07) is 10.5. The summed E-state index contributed by atoms with van der Waals surface area (Å²) in [6.45, 7) is 1.35. The number of para-hydroxylation sites is 2. The van der Waals surface area contributed by atoms with E-state index in [1.807, 2.05) is 34.9 Å². The van der Waals surface area contributed by atoms with Crippen LogP contribution in [0.15, 0.2) is 48.8 Å². The van der Waals surface area contributed by atoms with Gasteiger partial charge in [0.1, 0.15) is 0 Å². The Morgan fingerprint density at radius 3 is 2.77 bits per heavy atom. The fourth-order valence-electron chi connectivity index (χ4n) is 3.42. The van der Waals surface area contributed by atoms with Crippen molar-refractivity contribution in [3.8, 4) is 5.69 Å². The van der Waals surface area contributed by atoms with E-state index in [4.69, 9.17) is 0 Å². The molecule has 0 aliphatic carbocycles. The first kappa shape index (κ1) is 16.8. The van der Waals surface area contributed by atoms with Crippen molar-refractivity contribution in [1.82, 2.24) is 19.9 Å². The number of rotatable bonds is 3. The van der Waals surface area contributed by atoms with Crippen LogP contribution in [0.25, 0.3) is 16.7 Å². The van der Waals surface area contributed by atoms with Gasteiger partial charge in [-0.05, 0) is 24.3 Å². The number of benzene rings is 1. The Balaban J connectivity index is 1.85. The van der Waals surface area contributed by atoms with Gasteiger partial charge in [0.15, 0.2) is 0 Å². The Morgan fingerprint density at radius 2 is 2.00 bits per heavy atom. The molecule has 1 atom stereocenters. The van der Waals surface area contributed by atoms with Crippen LogP contribution in [0.3, 0.4) is 0 Å². The fraction of sp³-hybridized carbons (Fsp3) is 0.333. The lowest BCUT2D eigenvalue weighted by Crippen LogP contribution is -2.53. The van der Waals surface area contributed by atoms with Crippen molar-refractivity contribution in [1.29, 1.82) is 0 Å². The summed E-state index contributed by atoms with van der Waals surface area (Å²) in [4.78, 5) is 10.6. The topological polar surface area (TPSA) is 46.0 Å². The van der Waals surface area contributed by atoms with Crippen molar-refractivity contribution < 1.29 is 13.2 Å². The van der Waals surface area contributed by atoms with Gasteiger partial charge in [-0.25, -0.2) is 4.98 Å². The Morgan fingerprint density at radius 1 is 1.15 bits per heavy atom. The normalized spacial score (nSPS) is 18.4. The average molecular weight is 361 g/mol. The first-order chi connectivity index (χ1) is 12.5. The largest absolute Gasteiger partial charge is 0.391 e. The lowest BCUT2D eigenvalue weighted by atomic mass is 10.1. The summed E-state index contributed by atoms with van der Waals surface area (Å²) < 4.78 is 41.1. The number of nitrogens with one attached hydrogen (secondary N) is 1. The second kappa shape index (κ2) is 6.60. The van der Waals surface area contributed by atoms with Crippen LogP contribution in [0.2, 0.25) is 0 Å². The molecule has 0 amide bonds. The molecule has 0 bridgehead atoms. The van der Waals surface area contributed by atoms with Gasteiger partial charge in [0, 0.05) is 25.8 Å². The maximum absolute atomic E-state index is 13.1. The number of imidazole rings is 1. The predicted octanol–water partition coefficient (Wildman–Crippen LogP) is 3.15. The monoisotopic (exact) mass is 361 g/mol. The van der Waals surface area contributed by atoms with Crippen molar-refractivity contribution in [2.24, 2.45) is 0 Å². The Hall–Kier alpha value is -2.61. The van der Waals surface area contributed by atoms with Crippen LogP contribution in [-0.2, 0) is 0 Å². The molecule has 3 heterocycles. The standard InChI is InChI=1S/C18H18F3N5/c19-18(20,21)10-14-12-23-8-9-25(14)17-24-15-5-1-2-6-16(15)26(17)13-4-3-7-22-11-13/h1-7,11,14,23H,8-10,12H2. The zero-order valence-electron chi connectivity index (χ0n) is 13.9. The molecule has 1 aliphatic rings. The summed E-state index contributed by atoms with van der Waals surface area (Å²) in [5, 5.41) is 3.06. The molecule has 5 nitrogen and oxygen atoms in total. The number of pyridine rings is 1. The number of fused-ring (bicyclic) bond motifs is 1. The number of aromatic nitrogens is 3. The molecule has 8 heteroatoms. The highest BCUT2D eigenvalue weighted by Gasteiger charge is 2.37. The molecule has 3 aromatic rings. The lowest BCUT2D eigenvalue weighted by Gasteiger charge is -2.37.